The van der Waals surface area contributed by atoms with Crippen LogP contribution < -0.4 is 4.90 Å². The Labute approximate surface area is 190 Å². The minimum absolute atomic E-state index is 0.0457. The molecule has 2 aromatic rings. The largest absolute Gasteiger partial charge is 0.464 e. The highest BCUT2D eigenvalue weighted by Gasteiger charge is 2.12. The standard InChI is InChI=1S/C22H23N5O6/c1-15-12-19(26(8-10-32-16(2)28)9-11-33-17(3)29)4-6-21(15)24-25-22-7-5-20(27(30)31)13-18(22)14-23/h4-7,12-13H,8-11H2,1-3H3/b25-24+. The summed E-state index contributed by atoms with van der Waals surface area (Å²) in [6, 6.07) is 11.0. The summed E-state index contributed by atoms with van der Waals surface area (Å²) in [5, 5.41) is 28.4. The van der Waals surface area contributed by atoms with Gasteiger partial charge < -0.3 is 14.4 Å². The van der Waals surface area contributed by atoms with Crippen LogP contribution in [0.15, 0.2) is 46.6 Å². The first-order chi connectivity index (χ1) is 15.7. The summed E-state index contributed by atoms with van der Waals surface area (Å²) in [4.78, 5) is 34.3. The van der Waals surface area contributed by atoms with E-state index >= 15 is 0 Å². The molecule has 0 fully saturated rings. The lowest BCUT2D eigenvalue weighted by atomic mass is 10.1. The number of nitrogens with zero attached hydrogens (tertiary/aromatic N) is 5. The number of nitro groups is 1. The van der Waals surface area contributed by atoms with Gasteiger partial charge in [0.2, 0.25) is 0 Å². The fraction of sp³-hybridized carbons (Fsp3) is 0.318. The van der Waals surface area contributed by atoms with Gasteiger partial charge in [-0.3, -0.25) is 19.7 Å². The highest BCUT2D eigenvalue weighted by Crippen LogP contribution is 2.29. The lowest BCUT2D eigenvalue weighted by Crippen LogP contribution is -2.31. The van der Waals surface area contributed by atoms with E-state index in [0.717, 1.165) is 17.3 Å². The van der Waals surface area contributed by atoms with Gasteiger partial charge in [-0.1, -0.05) is 0 Å². The van der Waals surface area contributed by atoms with Gasteiger partial charge in [-0.25, -0.2) is 0 Å². The van der Waals surface area contributed by atoms with Crippen LogP contribution in [0.2, 0.25) is 0 Å². The number of benzene rings is 2. The number of anilines is 1. The van der Waals surface area contributed by atoms with E-state index in [1.54, 1.807) is 12.1 Å². The number of ether oxygens (including phenoxy) is 2. The second kappa shape index (κ2) is 11.9. The molecule has 11 nitrogen and oxygen atoms in total. The molecule has 0 radical (unpaired) electrons. The third-order valence-corrected chi connectivity index (χ3v) is 4.46. The number of non-ortho nitro benzene ring substituents is 1. The van der Waals surface area contributed by atoms with Gasteiger partial charge in [-0.2, -0.15) is 10.4 Å². The van der Waals surface area contributed by atoms with Crippen molar-refractivity contribution in [3.63, 3.8) is 0 Å². The Hall–Kier alpha value is -4.33. The Bertz CT molecular complexity index is 1090. The van der Waals surface area contributed by atoms with Gasteiger partial charge in [-0.05, 0) is 36.8 Å². The summed E-state index contributed by atoms with van der Waals surface area (Å²) < 4.78 is 10.0. The summed E-state index contributed by atoms with van der Waals surface area (Å²) >= 11 is 0. The Morgan fingerprint density at radius 2 is 1.61 bits per heavy atom. The average molecular weight is 453 g/mol. The highest BCUT2D eigenvalue weighted by atomic mass is 16.6. The van der Waals surface area contributed by atoms with Crippen LogP contribution in [-0.2, 0) is 19.1 Å². The zero-order valence-corrected chi connectivity index (χ0v) is 18.5. The number of nitriles is 1. The van der Waals surface area contributed by atoms with Crippen molar-refractivity contribution in [3.05, 3.63) is 57.6 Å². The maximum atomic E-state index is 11.1. The summed E-state index contributed by atoms with van der Waals surface area (Å²) in [6.45, 7) is 5.63. The Balaban J connectivity index is 2.21. The van der Waals surface area contributed by atoms with Crippen LogP contribution >= 0.6 is 0 Å². The van der Waals surface area contributed by atoms with E-state index in [0.29, 0.717) is 18.8 Å². The normalized spacial score (nSPS) is 10.5. The Kier molecular flexibility index (Phi) is 8.99. The van der Waals surface area contributed by atoms with Crippen molar-refractivity contribution in [2.24, 2.45) is 10.2 Å². The number of esters is 2. The zero-order valence-electron chi connectivity index (χ0n) is 18.5. The number of azo groups is 1. The number of hydrogen-bond acceptors (Lipinski definition) is 10. The molecule has 0 saturated heterocycles. The molecule has 33 heavy (non-hydrogen) atoms. The van der Waals surface area contributed by atoms with E-state index in [1.807, 2.05) is 24.0 Å². The minimum Gasteiger partial charge on any atom is -0.464 e. The molecule has 0 aliphatic rings. The topological polar surface area (TPSA) is 147 Å². The molecular weight excluding hydrogens is 430 g/mol. The molecule has 2 aromatic carbocycles. The lowest BCUT2D eigenvalue weighted by Gasteiger charge is -2.25. The van der Waals surface area contributed by atoms with Gasteiger partial charge in [0.05, 0.1) is 29.3 Å². The van der Waals surface area contributed by atoms with Gasteiger partial charge in [0.1, 0.15) is 25.0 Å². The van der Waals surface area contributed by atoms with Crippen LogP contribution in [0.4, 0.5) is 22.7 Å². The second-order valence-electron chi connectivity index (χ2n) is 6.91. The van der Waals surface area contributed by atoms with Gasteiger partial charge >= 0.3 is 11.9 Å². The molecule has 0 aromatic heterocycles. The minimum atomic E-state index is -0.584. The summed E-state index contributed by atoms with van der Waals surface area (Å²) in [5.74, 6) is -0.769. The van der Waals surface area contributed by atoms with Gasteiger partial charge in [-0.15, -0.1) is 5.11 Å². The fourth-order valence-corrected chi connectivity index (χ4v) is 2.84. The molecule has 0 atom stereocenters. The van der Waals surface area contributed by atoms with Crippen molar-refractivity contribution in [1.82, 2.24) is 0 Å². The first-order valence-corrected chi connectivity index (χ1v) is 9.94. The fourth-order valence-electron chi connectivity index (χ4n) is 2.84. The van der Waals surface area contributed by atoms with Crippen LogP contribution in [0.1, 0.15) is 25.0 Å². The van der Waals surface area contributed by atoms with Crippen molar-refractivity contribution in [2.75, 3.05) is 31.2 Å². The molecule has 0 spiro atoms. The average Bonchev–Trinajstić information content (AvgIpc) is 2.76. The molecule has 2 rings (SSSR count). The quantitative estimate of drug-likeness (QED) is 0.226. The number of carbonyl (C=O) groups excluding carboxylic acids is 2. The molecule has 172 valence electrons. The molecule has 0 bridgehead atoms. The van der Waals surface area contributed by atoms with Gasteiger partial charge in [0, 0.05) is 31.7 Å². The lowest BCUT2D eigenvalue weighted by molar-refractivity contribution is -0.384. The molecule has 11 heteroatoms. The van der Waals surface area contributed by atoms with E-state index in [2.05, 4.69) is 10.2 Å². The predicted octanol–water partition coefficient (Wildman–Crippen LogP) is 4.12. The smallest absolute Gasteiger partial charge is 0.302 e. The van der Waals surface area contributed by atoms with Crippen LogP contribution in [0.25, 0.3) is 0 Å². The third kappa shape index (κ3) is 7.70. The van der Waals surface area contributed by atoms with E-state index in [-0.39, 0.29) is 42.1 Å². The second-order valence-corrected chi connectivity index (χ2v) is 6.91. The van der Waals surface area contributed by atoms with Crippen LogP contribution in [0, 0.1) is 28.4 Å². The van der Waals surface area contributed by atoms with Crippen molar-refractivity contribution < 1.29 is 24.0 Å². The summed E-state index contributed by atoms with van der Waals surface area (Å²) in [5.41, 5.74) is 2.19. The molecule has 0 N–H and O–H groups in total. The summed E-state index contributed by atoms with van der Waals surface area (Å²) in [7, 11) is 0. The zero-order chi connectivity index (χ0) is 24.4. The van der Waals surface area contributed by atoms with E-state index in [4.69, 9.17) is 9.47 Å². The van der Waals surface area contributed by atoms with E-state index < -0.39 is 4.92 Å². The number of carbonyl (C=O) groups is 2. The molecule has 0 aliphatic carbocycles. The highest BCUT2D eigenvalue weighted by molar-refractivity contribution is 5.66. The molecule has 0 heterocycles. The van der Waals surface area contributed by atoms with Gasteiger partial charge in [0.15, 0.2) is 0 Å². The van der Waals surface area contributed by atoms with Crippen molar-refractivity contribution in [1.29, 1.82) is 5.26 Å². The molecule has 0 aliphatic heterocycles. The first-order valence-electron chi connectivity index (χ1n) is 9.94. The van der Waals surface area contributed by atoms with Gasteiger partial charge in [0.25, 0.3) is 5.69 Å². The third-order valence-electron chi connectivity index (χ3n) is 4.46. The molecule has 0 saturated carbocycles. The van der Waals surface area contributed by atoms with Crippen molar-refractivity contribution in [3.8, 4) is 6.07 Å². The molecule has 0 amide bonds. The van der Waals surface area contributed by atoms with Crippen LogP contribution in [0.3, 0.4) is 0 Å². The Morgan fingerprint density at radius 3 is 2.12 bits per heavy atom. The van der Waals surface area contributed by atoms with Crippen LogP contribution in [-0.4, -0.2) is 43.2 Å². The van der Waals surface area contributed by atoms with Crippen molar-refractivity contribution >= 4 is 34.7 Å². The molecule has 0 unspecified atom stereocenters. The number of aryl methyl sites for hydroxylation is 1. The summed E-state index contributed by atoms with van der Waals surface area (Å²) in [6.07, 6.45) is 0. The number of hydrogen-bond donors (Lipinski definition) is 0. The Morgan fingerprint density at radius 1 is 1.03 bits per heavy atom. The first kappa shape index (κ1) is 24.9. The van der Waals surface area contributed by atoms with E-state index in [9.17, 15) is 25.0 Å². The number of rotatable bonds is 10. The monoisotopic (exact) mass is 453 g/mol. The van der Waals surface area contributed by atoms with Crippen LogP contribution in [0.5, 0.6) is 0 Å². The maximum absolute atomic E-state index is 11.1. The molecular formula is C22H23N5O6. The van der Waals surface area contributed by atoms with Crippen molar-refractivity contribution in [2.45, 2.75) is 20.8 Å². The van der Waals surface area contributed by atoms with E-state index in [1.165, 1.54) is 26.0 Å². The predicted molar refractivity (Wildman–Crippen MR) is 119 cm³/mol. The SMILES string of the molecule is CC(=O)OCCN(CCOC(C)=O)c1ccc(/N=N/c2ccc([N+](=O)[O-])cc2C#N)c(C)c1. The maximum Gasteiger partial charge on any atom is 0.302 e. The number of nitro benzene ring substituents is 1.